The van der Waals surface area contributed by atoms with Crippen LogP contribution in [0.2, 0.25) is 0 Å². The molecule has 0 amide bonds. The van der Waals surface area contributed by atoms with E-state index in [9.17, 15) is 14.0 Å². The maximum Gasteiger partial charge on any atom is 0.338 e. The summed E-state index contributed by atoms with van der Waals surface area (Å²) in [6, 6.07) is 16.3. The summed E-state index contributed by atoms with van der Waals surface area (Å²) in [5, 5.41) is 0. The van der Waals surface area contributed by atoms with Crippen LogP contribution in [-0.4, -0.2) is 30.4 Å². The average molecular weight is 696 g/mol. The van der Waals surface area contributed by atoms with E-state index in [4.69, 9.17) is 18.9 Å². The van der Waals surface area contributed by atoms with Crippen molar-refractivity contribution in [2.75, 3.05) is 13.7 Å². The zero-order valence-corrected chi connectivity index (χ0v) is 27.8. The fourth-order valence-corrected chi connectivity index (χ4v) is 6.67. The number of halogens is 2. The number of thiazole rings is 1. The Morgan fingerprint density at radius 1 is 1.13 bits per heavy atom. The lowest BCUT2D eigenvalue weighted by molar-refractivity contribution is -0.139. The minimum absolute atomic E-state index is 0.132. The van der Waals surface area contributed by atoms with Crippen molar-refractivity contribution < 1.29 is 28.1 Å². The van der Waals surface area contributed by atoms with Crippen LogP contribution in [0.3, 0.4) is 0 Å². The molecule has 5 rings (SSSR count). The number of rotatable bonds is 10. The molecule has 4 aromatic rings. The lowest BCUT2D eigenvalue weighted by atomic mass is 9.95. The molecule has 0 saturated heterocycles. The van der Waals surface area contributed by atoms with Crippen LogP contribution in [0.25, 0.3) is 6.08 Å². The third-order valence-corrected chi connectivity index (χ3v) is 8.49. The number of aromatic nitrogens is 1. The molecule has 0 saturated carbocycles. The molecule has 0 aliphatic carbocycles. The molecule has 0 N–H and O–H groups in total. The van der Waals surface area contributed by atoms with Gasteiger partial charge in [0.15, 0.2) is 16.3 Å². The number of hydrogen-bond donors (Lipinski definition) is 0. The number of hydrogen-bond acceptors (Lipinski definition) is 8. The number of fused-ring (bicyclic) bond motifs is 1. The van der Waals surface area contributed by atoms with Crippen molar-refractivity contribution in [2.45, 2.75) is 46.4 Å². The first-order valence-electron chi connectivity index (χ1n) is 14.3. The van der Waals surface area contributed by atoms with E-state index in [1.54, 1.807) is 44.2 Å². The number of allylic oxidation sites excluding steroid dienone is 1. The van der Waals surface area contributed by atoms with Crippen LogP contribution in [-0.2, 0) is 16.1 Å². The van der Waals surface area contributed by atoms with Crippen LogP contribution in [0, 0.1) is 5.82 Å². The van der Waals surface area contributed by atoms with Gasteiger partial charge < -0.3 is 18.9 Å². The van der Waals surface area contributed by atoms with E-state index in [1.165, 1.54) is 35.1 Å². The van der Waals surface area contributed by atoms with Crippen LogP contribution < -0.4 is 29.1 Å². The van der Waals surface area contributed by atoms with E-state index in [2.05, 4.69) is 20.9 Å². The lowest BCUT2D eigenvalue weighted by Crippen LogP contribution is -2.40. The monoisotopic (exact) mass is 694 g/mol. The number of carbonyl (C=O) groups excluding carboxylic acids is 1. The van der Waals surface area contributed by atoms with Gasteiger partial charge in [0.05, 0.1) is 40.1 Å². The van der Waals surface area contributed by atoms with Crippen molar-refractivity contribution >= 4 is 39.3 Å². The Morgan fingerprint density at radius 3 is 2.62 bits per heavy atom. The Balaban J connectivity index is 1.60. The smallest absolute Gasteiger partial charge is 0.338 e. The first-order chi connectivity index (χ1) is 21.6. The zero-order chi connectivity index (χ0) is 32.2. The predicted octanol–water partition coefficient (Wildman–Crippen LogP) is 6.07. The molecule has 11 heteroatoms. The third-order valence-electron chi connectivity index (χ3n) is 6.92. The summed E-state index contributed by atoms with van der Waals surface area (Å²) in [6.07, 6.45) is 1.61. The van der Waals surface area contributed by atoms with Crippen molar-refractivity contribution in [1.82, 2.24) is 4.57 Å². The van der Waals surface area contributed by atoms with Crippen LogP contribution in [0.1, 0.15) is 50.4 Å². The van der Waals surface area contributed by atoms with E-state index in [1.807, 2.05) is 38.1 Å². The molecule has 3 aromatic carbocycles. The molecule has 234 valence electrons. The average Bonchev–Trinajstić information content (AvgIpc) is 3.29. The summed E-state index contributed by atoms with van der Waals surface area (Å²) in [6.45, 7) is 7.62. The van der Waals surface area contributed by atoms with Crippen molar-refractivity contribution in [2.24, 2.45) is 4.99 Å². The number of ether oxygens (including phenoxy) is 4. The largest absolute Gasteiger partial charge is 0.493 e. The van der Waals surface area contributed by atoms with Gasteiger partial charge in [-0.15, -0.1) is 0 Å². The maximum atomic E-state index is 14.1. The fraction of sp³-hybridized carbons (Fsp3) is 0.265. The van der Waals surface area contributed by atoms with Gasteiger partial charge in [-0.2, -0.15) is 0 Å². The van der Waals surface area contributed by atoms with Gasteiger partial charge in [-0.3, -0.25) is 9.36 Å². The molecule has 0 bridgehead atoms. The number of para-hydroxylation sites is 1. The summed E-state index contributed by atoms with van der Waals surface area (Å²) < 4.78 is 39.3. The maximum absolute atomic E-state index is 14.1. The van der Waals surface area contributed by atoms with Gasteiger partial charge in [0.2, 0.25) is 0 Å². The molecule has 1 aliphatic heterocycles. The molecule has 0 spiro atoms. The summed E-state index contributed by atoms with van der Waals surface area (Å²) >= 11 is 4.78. The molecule has 1 aromatic heterocycles. The van der Waals surface area contributed by atoms with Gasteiger partial charge in [-0.1, -0.05) is 41.7 Å². The van der Waals surface area contributed by atoms with Gasteiger partial charge >= 0.3 is 5.97 Å². The Hall–Kier alpha value is -4.22. The van der Waals surface area contributed by atoms with Gasteiger partial charge in [0.25, 0.3) is 5.56 Å². The van der Waals surface area contributed by atoms with E-state index in [-0.39, 0.29) is 36.3 Å². The molecule has 0 fully saturated rings. The summed E-state index contributed by atoms with van der Waals surface area (Å²) in [5.41, 5.74) is 2.42. The van der Waals surface area contributed by atoms with E-state index in [0.717, 1.165) is 0 Å². The Morgan fingerprint density at radius 2 is 1.91 bits per heavy atom. The molecule has 1 atom stereocenters. The van der Waals surface area contributed by atoms with Crippen molar-refractivity contribution in [3.63, 3.8) is 0 Å². The topological polar surface area (TPSA) is 88.4 Å². The van der Waals surface area contributed by atoms with Crippen LogP contribution >= 0.6 is 27.3 Å². The number of esters is 1. The van der Waals surface area contributed by atoms with Gasteiger partial charge in [0, 0.05) is 5.56 Å². The highest BCUT2D eigenvalue weighted by molar-refractivity contribution is 9.10. The summed E-state index contributed by atoms with van der Waals surface area (Å²) in [5.74, 6) is 0.544. The van der Waals surface area contributed by atoms with E-state index < -0.39 is 12.0 Å². The highest BCUT2D eigenvalue weighted by Gasteiger charge is 2.35. The number of nitrogens with zero attached hydrogens (tertiary/aromatic N) is 2. The molecule has 45 heavy (non-hydrogen) atoms. The Bertz CT molecular complexity index is 1970. The molecule has 1 aliphatic rings. The molecular formula is C34H32BrFN2O6S. The van der Waals surface area contributed by atoms with Gasteiger partial charge in [-0.05, 0) is 91.2 Å². The standard InChI is InChI=1S/C34H32BrFN2O6S/c1-6-42-33(40)29-20(4)37-34-38(30(29)24-12-7-8-13-26(24)44-19(2)3)32(39)28(45-34)17-22-15-25(35)31(27(16-22)41-5)43-18-21-10-9-11-23(36)14-21/h7-17,19,30H,6,18H2,1-5H3/b28-17+/t30-/m1/s1. The number of methoxy groups -OCH3 is 1. The molecular weight excluding hydrogens is 663 g/mol. The lowest BCUT2D eigenvalue weighted by Gasteiger charge is -2.26. The zero-order valence-electron chi connectivity index (χ0n) is 25.4. The summed E-state index contributed by atoms with van der Waals surface area (Å²) in [7, 11) is 1.52. The van der Waals surface area contributed by atoms with Gasteiger partial charge in [0.1, 0.15) is 24.2 Å². The number of benzene rings is 3. The third kappa shape index (κ3) is 6.89. The van der Waals surface area contributed by atoms with Crippen LogP contribution in [0.15, 0.2) is 86.2 Å². The van der Waals surface area contributed by atoms with Gasteiger partial charge in [-0.25, -0.2) is 14.2 Å². The quantitative estimate of drug-likeness (QED) is 0.187. The SMILES string of the molecule is CCOC(=O)C1=C(C)N=c2s/c(=C/c3cc(Br)c(OCc4cccc(F)c4)c(OC)c3)c(=O)n2[C@@H]1c1ccccc1OC(C)C. The molecule has 0 unspecified atom stereocenters. The molecule has 0 radical (unpaired) electrons. The molecule has 2 heterocycles. The first kappa shape index (κ1) is 32.2. The summed E-state index contributed by atoms with van der Waals surface area (Å²) in [4.78, 5) is 32.5. The fourth-order valence-electron chi connectivity index (χ4n) is 5.05. The Labute approximate surface area is 272 Å². The van der Waals surface area contributed by atoms with Crippen molar-refractivity contribution in [1.29, 1.82) is 0 Å². The second-order valence-electron chi connectivity index (χ2n) is 10.5. The minimum atomic E-state index is -0.808. The minimum Gasteiger partial charge on any atom is -0.493 e. The van der Waals surface area contributed by atoms with E-state index in [0.29, 0.717) is 53.4 Å². The van der Waals surface area contributed by atoms with Crippen LogP contribution in [0.4, 0.5) is 4.39 Å². The van der Waals surface area contributed by atoms with Crippen LogP contribution in [0.5, 0.6) is 17.2 Å². The van der Waals surface area contributed by atoms with E-state index >= 15 is 0 Å². The molecule has 8 nitrogen and oxygen atoms in total. The second kappa shape index (κ2) is 13.8. The first-order valence-corrected chi connectivity index (χ1v) is 15.9. The second-order valence-corrected chi connectivity index (χ2v) is 12.3. The number of carbonyl (C=O) groups is 1. The van der Waals surface area contributed by atoms with Crippen molar-refractivity contribution in [3.05, 3.63) is 119 Å². The highest BCUT2D eigenvalue weighted by atomic mass is 79.9. The Kier molecular flexibility index (Phi) is 9.89. The highest BCUT2D eigenvalue weighted by Crippen LogP contribution is 2.38. The normalized spacial score (nSPS) is 14.7. The van der Waals surface area contributed by atoms with Crippen molar-refractivity contribution in [3.8, 4) is 17.2 Å². The predicted molar refractivity (Wildman–Crippen MR) is 174 cm³/mol.